The van der Waals surface area contributed by atoms with Crippen LogP contribution in [0.2, 0.25) is 0 Å². The van der Waals surface area contributed by atoms with Crippen molar-refractivity contribution < 1.29 is 4.74 Å². The highest BCUT2D eigenvalue weighted by Gasteiger charge is 2.17. The van der Waals surface area contributed by atoms with E-state index in [0.29, 0.717) is 18.4 Å². The minimum absolute atomic E-state index is 0.545. The molecule has 1 saturated heterocycles. The van der Waals surface area contributed by atoms with E-state index in [9.17, 15) is 0 Å². The SMILES string of the molecule is Cc1cc(-c2cc3ncccc3c(OCC3CCNC3)n2)ccc1N(C)C. The lowest BCUT2D eigenvalue weighted by Gasteiger charge is -2.17. The summed E-state index contributed by atoms with van der Waals surface area (Å²) >= 11 is 0. The second-order valence-corrected chi connectivity index (χ2v) is 7.45. The van der Waals surface area contributed by atoms with Crippen molar-refractivity contribution in [2.24, 2.45) is 5.92 Å². The van der Waals surface area contributed by atoms with Crippen LogP contribution in [0, 0.1) is 12.8 Å². The van der Waals surface area contributed by atoms with Crippen LogP contribution in [0.5, 0.6) is 5.88 Å². The third-order valence-corrected chi connectivity index (χ3v) is 5.16. The van der Waals surface area contributed by atoms with Crippen LogP contribution in [0.4, 0.5) is 5.69 Å². The molecule has 0 bridgehead atoms. The maximum Gasteiger partial charge on any atom is 0.223 e. The van der Waals surface area contributed by atoms with Gasteiger partial charge >= 0.3 is 0 Å². The smallest absolute Gasteiger partial charge is 0.223 e. The fraction of sp³-hybridized carbons (Fsp3) is 0.364. The van der Waals surface area contributed by atoms with Crippen molar-refractivity contribution in [1.82, 2.24) is 15.3 Å². The third kappa shape index (κ3) is 3.74. The van der Waals surface area contributed by atoms with Crippen molar-refractivity contribution in [3.05, 3.63) is 48.2 Å². The highest BCUT2D eigenvalue weighted by atomic mass is 16.5. The molecule has 3 aromatic rings. The molecule has 1 aliphatic heterocycles. The fourth-order valence-corrected chi connectivity index (χ4v) is 3.67. The number of fused-ring (bicyclic) bond motifs is 1. The molecule has 5 heteroatoms. The zero-order chi connectivity index (χ0) is 18.8. The van der Waals surface area contributed by atoms with Crippen molar-refractivity contribution in [1.29, 1.82) is 0 Å². The van der Waals surface area contributed by atoms with Crippen LogP contribution in [0.15, 0.2) is 42.6 Å². The van der Waals surface area contributed by atoms with E-state index in [0.717, 1.165) is 41.7 Å². The van der Waals surface area contributed by atoms with Gasteiger partial charge in [0.25, 0.3) is 0 Å². The Kier molecular flexibility index (Phi) is 4.94. The van der Waals surface area contributed by atoms with Crippen molar-refractivity contribution in [3.8, 4) is 17.1 Å². The Bertz CT molecular complexity index is 948. The minimum Gasteiger partial charge on any atom is -0.477 e. The lowest BCUT2D eigenvalue weighted by Crippen LogP contribution is -2.16. The molecule has 1 atom stereocenters. The van der Waals surface area contributed by atoms with Crippen LogP contribution in [0.25, 0.3) is 22.2 Å². The number of benzene rings is 1. The monoisotopic (exact) mass is 362 g/mol. The summed E-state index contributed by atoms with van der Waals surface area (Å²) in [6.45, 7) is 4.90. The zero-order valence-corrected chi connectivity index (χ0v) is 16.2. The first-order chi connectivity index (χ1) is 13.1. The number of aryl methyl sites for hydroxylation is 1. The summed E-state index contributed by atoms with van der Waals surface area (Å²) in [4.78, 5) is 11.5. The molecular formula is C22H26N4O. The van der Waals surface area contributed by atoms with E-state index < -0.39 is 0 Å². The van der Waals surface area contributed by atoms with E-state index in [2.05, 4.69) is 54.4 Å². The maximum atomic E-state index is 6.16. The molecule has 140 valence electrons. The molecule has 0 radical (unpaired) electrons. The Morgan fingerprint density at radius 2 is 2.11 bits per heavy atom. The van der Waals surface area contributed by atoms with Crippen LogP contribution in [-0.4, -0.2) is 43.8 Å². The van der Waals surface area contributed by atoms with Gasteiger partial charge in [0, 0.05) is 44.0 Å². The van der Waals surface area contributed by atoms with E-state index in [4.69, 9.17) is 9.72 Å². The van der Waals surface area contributed by atoms with Crippen molar-refractivity contribution in [2.45, 2.75) is 13.3 Å². The van der Waals surface area contributed by atoms with E-state index in [-0.39, 0.29) is 0 Å². The molecule has 4 rings (SSSR count). The predicted octanol–water partition coefficient (Wildman–Crippen LogP) is 3.66. The summed E-state index contributed by atoms with van der Waals surface area (Å²) in [6, 6.07) is 12.4. The predicted molar refractivity (Wildman–Crippen MR) is 111 cm³/mol. The lowest BCUT2D eigenvalue weighted by molar-refractivity contribution is 0.254. The van der Waals surface area contributed by atoms with Crippen molar-refractivity contribution in [2.75, 3.05) is 38.7 Å². The van der Waals surface area contributed by atoms with Crippen LogP contribution >= 0.6 is 0 Å². The number of anilines is 1. The van der Waals surface area contributed by atoms with Gasteiger partial charge in [0.05, 0.1) is 23.2 Å². The molecule has 1 unspecified atom stereocenters. The molecule has 3 heterocycles. The minimum atomic E-state index is 0.545. The van der Waals surface area contributed by atoms with Gasteiger partial charge < -0.3 is 15.0 Å². The Hall–Kier alpha value is -2.66. The van der Waals surface area contributed by atoms with E-state index >= 15 is 0 Å². The summed E-state index contributed by atoms with van der Waals surface area (Å²) in [6.07, 6.45) is 2.97. The summed E-state index contributed by atoms with van der Waals surface area (Å²) in [7, 11) is 4.12. The highest BCUT2D eigenvalue weighted by Crippen LogP contribution is 2.31. The molecule has 1 fully saturated rings. The Balaban J connectivity index is 1.71. The van der Waals surface area contributed by atoms with Crippen molar-refractivity contribution in [3.63, 3.8) is 0 Å². The van der Waals surface area contributed by atoms with Gasteiger partial charge in [-0.3, -0.25) is 4.98 Å². The van der Waals surface area contributed by atoms with E-state index in [1.54, 1.807) is 0 Å². The average Bonchev–Trinajstić information content (AvgIpc) is 3.19. The first-order valence-corrected chi connectivity index (χ1v) is 9.49. The number of nitrogens with zero attached hydrogens (tertiary/aromatic N) is 3. The third-order valence-electron chi connectivity index (χ3n) is 5.16. The number of ether oxygens (including phenoxy) is 1. The molecule has 5 nitrogen and oxygen atoms in total. The number of rotatable bonds is 5. The summed E-state index contributed by atoms with van der Waals surface area (Å²) in [5.41, 5.74) is 5.33. The van der Waals surface area contributed by atoms with Crippen LogP contribution < -0.4 is 15.0 Å². The van der Waals surface area contributed by atoms with Crippen molar-refractivity contribution >= 4 is 16.6 Å². The molecule has 0 saturated carbocycles. The Labute approximate surface area is 160 Å². The second kappa shape index (κ2) is 7.53. The molecule has 0 aliphatic carbocycles. The van der Waals surface area contributed by atoms with Gasteiger partial charge in [-0.1, -0.05) is 6.07 Å². The highest BCUT2D eigenvalue weighted by molar-refractivity contribution is 5.87. The standard InChI is InChI=1S/C22H26N4O/c1-15-11-17(6-7-21(15)26(2)3)19-12-20-18(5-4-9-24-20)22(25-19)27-14-16-8-10-23-13-16/h4-7,9,11-12,16,23H,8,10,13-14H2,1-3H3. The average molecular weight is 362 g/mol. The topological polar surface area (TPSA) is 50.3 Å². The first kappa shape index (κ1) is 17.7. The van der Waals surface area contributed by atoms with E-state index in [1.165, 1.54) is 11.3 Å². The Morgan fingerprint density at radius 1 is 1.22 bits per heavy atom. The first-order valence-electron chi connectivity index (χ1n) is 9.49. The maximum absolute atomic E-state index is 6.16. The molecule has 1 aromatic carbocycles. The molecule has 0 spiro atoms. The summed E-state index contributed by atoms with van der Waals surface area (Å²) in [5, 5.41) is 4.35. The van der Waals surface area contributed by atoms with Gasteiger partial charge in [-0.2, -0.15) is 0 Å². The number of aromatic nitrogens is 2. The Morgan fingerprint density at radius 3 is 2.85 bits per heavy atom. The number of hydrogen-bond acceptors (Lipinski definition) is 5. The van der Waals surface area contributed by atoms with Gasteiger partial charge in [-0.05, 0) is 55.8 Å². The summed E-state index contributed by atoms with van der Waals surface area (Å²) in [5.74, 6) is 1.22. The van der Waals surface area contributed by atoms with Gasteiger partial charge in [-0.25, -0.2) is 4.98 Å². The number of nitrogens with one attached hydrogen (secondary N) is 1. The fourth-order valence-electron chi connectivity index (χ4n) is 3.67. The largest absolute Gasteiger partial charge is 0.477 e. The zero-order valence-electron chi connectivity index (χ0n) is 16.2. The lowest BCUT2D eigenvalue weighted by atomic mass is 10.1. The van der Waals surface area contributed by atoms with Gasteiger partial charge in [0.1, 0.15) is 0 Å². The van der Waals surface area contributed by atoms with E-state index in [1.807, 2.05) is 24.4 Å². The van der Waals surface area contributed by atoms with Crippen LogP contribution in [-0.2, 0) is 0 Å². The van der Waals surface area contributed by atoms with Gasteiger partial charge in [0.2, 0.25) is 5.88 Å². The van der Waals surface area contributed by atoms with Crippen LogP contribution in [0.1, 0.15) is 12.0 Å². The molecule has 0 amide bonds. The quantitative estimate of drug-likeness (QED) is 0.751. The molecule has 1 aliphatic rings. The number of hydrogen-bond donors (Lipinski definition) is 1. The molecular weight excluding hydrogens is 336 g/mol. The van der Waals surface area contributed by atoms with Crippen LogP contribution in [0.3, 0.4) is 0 Å². The summed E-state index contributed by atoms with van der Waals surface area (Å²) < 4.78 is 6.16. The number of pyridine rings is 2. The normalized spacial score (nSPS) is 16.6. The molecule has 27 heavy (non-hydrogen) atoms. The molecule has 1 N–H and O–H groups in total. The second-order valence-electron chi connectivity index (χ2n) is 7.45. The van der Waals surface area contributed by atoms with Gasteiger partial charge in [-0.15, -0.1) is 0 Å². The van der Waals surface area contributed by atoms with Gasteiger partial charge in [0.15, 0.2) is 0 Å². The molecule has 2 aromatic heterocycles.